The highest BCUT2D eigenvalue weighted by Gasteiger charge is 2.25. The summed E-state index contributed by atoms with van der Waals surface area (Å²) in [4.78, 5) is 42.8. The Bertz CT molecular complexity index is 783. The SMILES string of the molecule is CN(CC(=O)N1CCN(CC(=O)NC(C)(C)C)CC1)C(=O)c1ccc(C(C)(C)C)cc1. The molecule has 0 bridgehead atoms. The van der Waals surface area contributed by atoms with Crippen LogP contribution in [0.15, 0.2) is 24.3 Å². The van der Waals surface area contributed by atoms with Crippen molar-refractivity contribution in [2.75, 3.05) is 46.3 Å². The van der Waals surface area contributed by atoms with Gasteiger partial charge in [-0.3, -0.25) is 19.3 Å². The minimum absolute atomic E-state index is 0.00455. The second-order valence-corrected chi connectivity index (χ2v) is 10.4. The second-order valence-electron chi connectivity index (χ2n) is 10.4. The maximum Gasteiger partial charge on any atom is 0.254 e. The van der Waals surface area contributed by atoms with Gasteiger partial charge in [-0.05, 0) is 43.9 Å². The summed E-state index contributed by atoms with van der Waals surface area (Å²) in [6, 6.07) is 7.59. The first-order valence-electron chi connectivity index (χ1n) is 10.9. The van der Waals surface area contributed by atoms with E-state index in [2.05, 4.69) is 31.0 Å². The third kappa shape index (κ3) is 7.65. The number of nitrogens with zero attached hydrogens (tertiary/aromatic N) is 3. The van der Waals surface area contributed by atoms with Crippen LogP contribution in [0.4, 0.5) is 0 Å². The molecule has 0 unspecified atom stereocenters. The maximum atomic E-state index is 12.7. The molecule has 0 saturated carbocycles. The van der Waals surface area contributed by atoms with Gasteiger partial charge in [0.15, 0.2) is 0 Å². The number of amides is 3. The van der Waals surface area contributed by atoms with Gasteiger partial charge in [-0.1, -0.05) is 32.9 Å². The van der Waals surface area contributed by atoms with Crippen LogP contribution in [0.3, 0.4) is 0 Å². The number of carbonyl (C=O) groups is 3. The van der Waals surface area contributed by atoms with E-state index in [9.17, 15) is 14.4 Å². The van der Waals surface area contributed by atoms with Crippen molar-refractivity contribution >= 4 is 17.7 Å². The molecule has 1 heterocycles. The number of carbonyl (C=O) groups excluding carboxylic acids is 3. The number of nitrogens with one attached hydrogen (secondary N) is 1. The molecular formula is C24H38N4O3. The molecule has 1 aromatic carbocycles. The topological polar surface area (TPSA) is 73.0 Å². The first-order chi connectivity index (χ1) is 14.3. The molecular weight excluding hydrogens is 392 g/mol. The van der Waals surface area contributed by atoms with Gasteiger partial charge in [0, 0.05) is 44.3 Å². The van der Waals surface area contributed by atoms with Crippen molar-refractivity contribution in [3.63, 3.8) is 0 Å². The molecule has 1 fully saturated rings. The summed E-state index contributed by atoms with van der Waals surface area (Å²) in [5.41, 5.74) is 1.52. The van der Waals surface area contributed by atoms with Crippen molar-refractivity contribution in [2.45, 2.75) is 52.5 Å². The van der Waals surface area contributed by atoms with Gasteiger partial charge in [0.05, 0.1) is 13.1 Å². The standard InChI is InChI=1S/C24H38N4O3/c1-23(2,3)19-10-8-18(9-11-19)22(31)26(7)17-21(30)28-14-12-27(13-15-28)16-20(29)25-24(4,5)6/h8-11H,12-17H2,1-7H3,(H,25,29). The van der Waals surface area contributed by atoms with Crippen molar-refractivity contribution in [3.8, 4) is 0 Å². The molecule has 7 nitrogen and oxygen atoms in total. The van der Waals surface area contributed by atoms with Crippen LogP contribution in [0.5, 0.6) is 0 Å². The Hall–Kier alpha value is -2.41. The monoisotopic (exact) mass is 430 g/mol. The van der Waals surface area contributed by atoms with Crippen LogP contribution in [0.2, 0.25) is 0 Å². The van der Waals surface area contributed by atoms with Crippen LogP contribution in [0.25, 0.3) is 0 Å². The van der Waals surface area contributed by atoms with Gasteiger partial charge in [0.25, 0.3) is 5.91 Å². The average Bonchev–Trinajstić information content (AvgIpc) is 2.65. The van der Waals surface area contributed by atoms with Crippen LogP contribution in [0, 0.1) is 0 Å². The first kappa shape index (κ1) is 24.9. The predicted octanol–water partition coefficient (Wildman–Crippen LogP) is 2.12. The van der Waals surface area contributed by atoms with Gasteiger partial charge in [-0.2, -0.15) is 0 Å². The number of rotatable bonds is 5. The molecule has 0 radical (unpaired) electrons. The van der Waals surface area contributed by atoms with E-state index in [1.807, 2.05) is 45.0 Å². The van der Waals surface area contributed by atoms with E-state index in [0.29, 0.717) is 38.3 Å². The van der Waals surface area contributed by atoms with Crippen molar-refractivity contribution in [1.29, 1.82) is 0 Å². The van der Waals surface area contributed by atoms with E-state index in [1.165, 1.54) is 4.90 Å². The highest BCUT2D eigenvalue weighted by atomic mass is 16.2. The largest absolute Gasteiger partial charge is 0.350 e. The summed E-state index contributed by atoms with van der Waals surface area (Å²) in [5, 5.41) is 2.96. The number of likely N-dealkylation sites (N-methyl/N-ethyl adjacent to an activating group) is 1. The van der Waals surface area contributed by atoms with Crippen LogP contribution < -0.4 is 5.32 Å². The Morgan fingerprint density at radius 2 is 1.48 bits per heavy atom. The molecule has 0 aliphatic carbocycles. The van der Waals surface area contributed by atoms with E-state index < -0.39 is 0 Å². The van der Waals surface area contributed by atoms with Gasteiger partial charge >= 0.3 is 0 Å². The van der Waals surface area contributed by atoms with Crippen LogP contribution in [0.1, 0.15) is 57.5 Å². The molecule has 172 valence electrons. The molecule has 1 saturated heterocycles. The Kier molecular flexibility index (Phi) is 7.87. The minimum Gasteiger partial charge on any atom is -0.350 e. The lowest BCUT2D eigenvalue weighted by molar-refractivity contribution is -0.133. The molecule has 2 rings (SSSR count). The quantitative estimate of drug-likeness (QED) is 0.777. The lowest BCUT2D eigenvalue weighted by Crippen LogP contribution is -2.54. The third-order valence-electron chi connectivity index (χ3n) is 5.32. The summed E-state index contributed by atoms with van der Waals surface area (Å²) in [5.74, 6) is -0.234. The van der Waals surface area contributed by atoms with Gasteiger partial charge in [0.1, 0.15) is 0 Å². The van der Waals surface area contributed by atoms with Crippen LogP contribution in [-0.4, -0.2) is 84.3 Å². The molecule has 0 atom stereocenters. The number of hydrogen-bond donors (Lipinski definition) is 1. The summed E-state index contributed by atoms with van der Waals surface area (Å²) in [7, 11) is 1.66. The Balaban J connectivity index is 1.83. The average molecular weight is 431 g/mol. The van der Waals surface area contributed by atoms with Crippen LogP contribution in [-0.2, 0) is 15.0 Å². The fraction of sp³-hybridized carbons (Fsp3) is 0.625. The van der Waals surface area contributed by atoms with Crippen molar-refractivity contribution < 1.29 is 14.4 Å². The first-order valence-corrected chi connectivity index (χ1v) is 10.9. The zero-order valence-electron chi connectivity index (χ0n) is 20.1. The number of hydrogen-bond acceptors (Lipinski definition) is 4. The summed E-state index contributed by atoms with van der Waals surface area (Å²) in [6.07, 6.45) is 0. The van der Waals surface area contributed by atoms with Crippen molar-refractivity contribution in [3.05, 3.63) is 35.4 Å². The van der Waals surface area contributed by atoms with Crippen molar-refractivity contribution in [1.82, 2.24) is 20.0 Å². The molecule has 3 amide bonds. The van der Waals surface area contributed by atoms with Gasteiger partial charge in [-0.25, -0.2) is 0 Å². The minimum atomic E-state index is -0.251. The molecule has 1 N–H and O–H groups in total. The fourth-order valence-corrected chi connectivity index (χ4v) is 3.52. The maximum absolute atomic E-state index is 12.7. The lowest BCUT2D eigenvalue weighted by atomic mass is 9.86. The molecule has 1 aromatic rings. The lowest BCUT2D eigenvalue weighted by Gasteiger charge is -2.35. The number of piperazine rings is 1. The second kappa shape index (κ2) is 9.81. The van der Waals surface area contributed by atoms with E-state index in [0.717, 1.165) is 5.56 Å². The zero-order valence-corrected chi connectivity index (χ0v) is 20.1. The molecule has 7 heteroatoms. The fourth-order valence-electron chi connectivity index (χ4n) is 3.52. The summed E-state index contributed by atoms with van der Waals surface area (Å²) >= 11 is 0. The molecule has 0 spiro atoms. The van der Waals surface area contributed by atoms with E-state index in [4.69, 9.17) is 0 Å². The highest BCUT2D eigenvalue weighted by Crippen LogP contribution is 2.22. The van der Waals surface area contributed by atoms with Crippen molar-refractivity contribution in [2.24, 2.45) is 0 Å². The van der Waals surface area contributed by atoms with Gasteiger partial charge < -0.3 is 15.1 Å². The van der Waals surface area contributed by atoms with Crippen LogP contribution >= 0.6 is 0 Å². The molecule has 1 aliphatic heterocycles. The molecule has 0 aromatic heterocycles. The predicted molar refractivity (Wildman–Crippen MR) is 123 cm³/mol. The Morgan fingerprint density at radius 3 is 1.97 bits per heavy atom. The smallest absolute Gasteiger partial charge is 0.254 e. The van der Waals surface area contributed by atoms with E-state index >= 15 is 0 Å². The third-order valence-corrected chi connectivity index (χ3v) is 5.32. The van der Waals surface area contributed by atoms with E-state index in [-0.39, 0.29) is 35.2 Å². The number of benzene rings is 1. The molecule has 31 heavy (non-hydrogen) atoms. The highest BCUT2D eigenvalue weighted by molar-refractivity contribution is 5.96. The zero-order chi connectivity index (χ0) is 23.4. The summed E-state index contributed by atoms with van der Waals surface area (Å²) in [6.45, 7) is 15.1. The summed E-state index contributed by atoms with van der Waals surface area (Å²) < 4.78 is 0. The Labute approximate surface area is 186 Å². The van der Waals surface area contributed by atoms with E-state index in [1.54, 1.807) is 11.9 Å². The Morgan fingerprint density at radius 1 is 0.935 bits per heavy atom. The van der Waals surface area contributed by atoms with Gasteiger partial charge in [-0.15, -0.1) is 0 Å². The van der Waals surface area contributed by atoms with Gasteiger partial charge in [0.2, 0.25) is 11.8 Å². The molecule has 1 aliphatic rings. The normalized spacial score (nSPS) is 15.5.